The lowest BCUT2D eigenvalue weighted by atomic mass is 9.95. The van der Waals surface area contributed by atoms with E-state index in [1.165, 1.54) is 0 Å². The Labute approximate surface area is 104 Å². The van der Waals surface area contributed by atoms with Gasteiger partial charge in [-0.25, -0.2) is 0 Å². The van der Waals surface area contributed by atoms with Gasteiger partial charge in [-0.2, -0.15) is 0 Å². The molecule has 1 aliphatic rings. The van der Waals surface area contributed by atoms with Crippen molar-refractivity contribution in [3.8, 4) is 11.5 Å². The number of benzene rings is 1. The molecule has 3 nitrogen and oxygen atoms in total. The molecule has 0 fully saturated rings. The van der Waals surface area contributed by atoms with E-state index in [4.69, 9.17) is 9.26 Å². The van der Waals surface area contributed by atoms with Crippen molar-refractivity contribution in [1.29, 1.82) is 0 Å². The zero-order valence-electron chi connectivity index (χ0n) is 10.3. The maximum Gasteiger partial charge on any atom is 0.148 e. The van der Waals surface area contributed by atoms with Crippen LogP contribution >= 0.6 is 9.47 Å². The first kappa shape index (κ1) is 12.4. The summed E-state index contributed by atoms with van der Waals surface area (Å²) in [6, 6.07) is 1.94. The lowest BCUT2D eigenvalue weighted by Crippen LogP contribution is -2.36. The number of aryl methyl sites for hydroxylation is 1. The fraction of sp³-hybridized carbons (Fsp3) is 0.385. The SMILES string of the molecule is Cc1cc(OP)c(C)c2c1OC(C)(CO)C=C2. The normalized spacial score (nSPS) is 21.9. The van der Waals surface area contributed by atoms with Gasteiger partial charge in [-0.05, 0) is 38.5 Å². The number of rotatable bonds is 2. The third-order valence-electron chi connectivity index (χ3n) is 3.10. The largest absolute Gasteiger partial charge is 0.480 e. The van der Waals surface area contributed by atoms with Crippen LogP contribution in [0.25, 0.3) is 6.08 Å². The molecule has 92 valence electrons. The topological polar surface area (TPSA) is 38.7 Å². The minimum atomic E-state index is -0.631. The summed E-state index contributed by atoms with van der Waals surface area (Å²) in [5, 5.41) is 9.33. The van der Waals surface area contributed by atoms with E-state index in [-0.39, 0.29) is 6.61 Å². The summed E-state index contributed by atoms with van der Waals surface area (Å²) in [5.41, 5.74) is 2.44. The molecule has 4 heteroatoms. The van der Waals surface area contributed by atoms with Crippen LogP contribution in [0.4, 0.5) is 0 Å². The summed E-state index contributed by atoms with van der Waals surface area (Å²) in [6.45, 7) is 5.79. The lowest BCUT2D eigenvalue weighted by Gasteiger charge is -2.31. The molecule has 2 rings (SSSR count). The minimum absolute atomic E-state index is 0.0384. The van der Waals surface area contributed by atoms with Crippen molar-refractivity contribution < 1.29 is 14.4 Å². The molecule has 0 spiro atoms. The standard InChI is InChI=1S/C13H17O3P/c1-8-6-11(16-17)9(2)10-4-5-13(3,7-14)15-12(8)10/h4-6,14H,7,17H2,1-3H3. The van der Waals surface area contributed by atoms with Gasteiger partial charge in [-0.3, -0.25) is 0 Å². The highest BCUT2D eigenvalue weighted by Crippen LogP contribution is 2.40. The molecule has 0 radical (unpaired) electrons. The Kier molecular flexibility index (Phi) is 3.15. The van der Waals surface area contributed by atoms with E-state index in [0.717, 1.165) is 28.2 Å². The third-order valence-corrected chi connectivity index (χ3v) is 3.36. The van der Waals surface area contributed by atoms with Crippen LogP contribution in [0.1, 0.15) is 23.6 Å². The first-order valence-electron chi connectivity index (χ1n) is 5.51. The molecule has 0 aromatic heterocycles. The zero-order chi connectivity index (χ0) is 12.6. The van der Waals surface area contributed by atoms with Gasteiger partial charge < -0.3 is 14.4 Å². The van der Waals surface area contributed by atoms with Crippen LogP contribution in [-0.4, -0.2) is 17.3 Å². The van der Waals surface area contributed by atoms with Crippen molar-refractivity contribution >= 4 is 15.5 Å². The van der Waals surface area contributed by atoms with Crippen molar-refractivity contribution in [3.63, 3.8) is 0 Å². The molecule has 0 aliphatic carbocycles. The smallest absolute Gasteiger partial charge is 0.148 e. The number of aliphatic hydroxyl groups excluding tert-OH is 1. The maximum atomic E-state index is 9.33. The first-order chi connectivity index (χ1) is 8.00. The number of hydrogen-bond acceptors (Lipinski definition) is 3. The molecule has 2 unspecified atom stereocenters. The van der Waals surface area contributed by atoms with Gasteiger partial charge in [-0.15, -0.1) is 0 Å². The van der Waals surface area contributed by atoms with E-state index < -0.39 is 5.60 Å². The van der Waals surface area contributed by atoms with Crippen LogP contribution in [-0.2, 0) is 0 Å². The van der Waals surface area contributed by atoms with Crippen LogP contribution in [0.2, 0.25) is 0 Å². The summed E-state index contributed by atoms with van der Waals surface area (Å²) in [4.78, 5) is 0. The quantitative estimate of drug-likeness (QED) is 0.822. The predicted octanol–water partition coefficient (Wildman–Crippen LogP) is 2.63. The molecule has 1 N–H and O–H groups in total. The fourth-order valence-corrected chi connectivity index (χ4v) is 2.20. The Bertz CT molecular complexity index is 482. The molecule has 17 heavy (non-hydrogen) atoms. The molecular formula is C13H17O3P. The summed E-state index contributed by atoms with van der Waals surface area (Å²) >= 11 is 0. The highest BCUT2D eigenvalue weighted by atomic mass is 31.0. The lowest BCUT2D eigenvalue weighted by molar-refractivity contribution is 0.0633. The van der Waals surface area contributed by atoms with Gasteiger partial charge in [0.15, 0.2) is 0 Å². The van der Waals surface area contributed by atoms with E-state index in [1.807, 2.05) is 39.0 Å². The van der Waals surface area contributed by atoms with Crippen LogP contribution < -0.4 is 9.26 Å². The molecular weight excluding hydrogens is 235 g/mol. The van der Waals surface area contributed by atoms with Crippen LogP contribution in [0, 0.1) is 13.8 Å². The summed E-state index contributed by atoms with van der Waals surface area (Å²) < 4.78 is 11.1. The average molecular weight is 252 g/mol. The van der Waals surface area contributed by atoms with Crippen molar-refractivity contribution in [3.05, 3.63) is 28.8 Å². The van der Waals surface area contributed by atoms with Gasteiger partial charge >= 0.3 is 0 Å². The van der Waals surface area contributed by atoms with Gasteiger partial charge in [0.2, 0.25) is 0 Å². The van der Waals surface area contributed by atoms with Crippen LogP contribution in [0.3, 0.4) is 0 Å². The molecule has 1 aliphatic heterocycles. The monoisotopic (exact) mass is 252 g/mol. The van der Waals surface area contributed by atoms with E-state index in [1.54, 1.807) is 0 Å². The highest BCUT2D eigenvalue weighted by Gasteiger charge is 2.29. The molecule has 0 saturated heterocycles. The predicted molar refractivity (Wildman–Crippen MR) is 71.4 cm³/mol. The van der Waals surface area contributed by atoms with Crippen molar-refractivity contribution in [2.45, 2.75) is 26.4 Å². The molecule has 0 saturated carbocycles. The third kappa shape index (κ3) is 2.05. The highest BCUT2D eigenvalue weighted by molar-refractivity contribution is 7.10. The second-order valence-corrected chi connectivity index (χ2v) is 4.82. The number of ether oxygens (including phenoxy) is 1. The number of fused-ring (bicyclic) bond motifs is 1. The van der Waals surface area contributed by atoms with Crippen LogP contribution in [0.15, 0.2) is 12.1 Å². The van der Waals surface area contributed by atoms with Crippen molar-refractivity contribution in [2.75, 3.05) is 6.61 Å². The van der Waals surface area contributed by atoms with E-state index >= 15 is 0 Å². The van der Waals surface area contributed by atoms with Crippen LogP contribution in [0.5, 0.6) is 11.5 Å². The van der Waals surface area contributed by atoms with Crippen molar-refractivity contribution in [2.24, 2.45) is 0 Å². The van der Waals surface area contributed by atoms with E-state index in [2.05, 4.69) is 9.47 Å². The first-order valence-corrected chi connectivity index (χ1v) is 5.98. The molecule has 0 amide bonds. The zero-order valence-corrected chi connectivity index (χ0v) is 11.4. The molecule has 2 atom stereocenters. The summed E-state index contributed by atoms with van der Waals surface area (Å²) in [6.07, 6.45) is 3.87. The molecule has 0 bridgehead atoms. The Morgan fingerprint density at radius 2 is 2.18 bits per heavy atom. The van der Waals surface area contributed by atoms with Crippen molar-refractivity contribution in [1.82, 2.24) is 0 Å². The second-order valence-electron chi connectivity index (χ2n) is 4.58. The maximum absolute atomic E-state index is 9.33. The van der Waals surface area contributed by atoms with Gasteiger partial charge in [0.25, 0.3) is 0 Å². The van der Waals surface area contributed by atoms with E-state index in [0.29, 0.717) is 0 Å². The number of hydrogen-bond donors (Lipinski definition) is 1. The van der Waals surface area contributed by atoms with Gasteiger partial charge in [-0.1, -0.05) is 6.08 Å². The van der Waals surface area contributed by atoms with E-state index in [9.17, 15) is 5.11 Å². The summed E-state index contributed by atoms with van der Waals surface area (Å²) in [5.74, 6) is 1.65. The Hall–Kier alpha value is -1.05. The Morgan fingerprint density at radius 3 is 2.76 bits per heavy atom. The minimum Gasteiger partial charge on any atom is -0.480 e. The molecule has 1 aromatic carbocycles. The fourth-order valence-electron chi connectivity index (χ4n) is 1.96. The van der Waals surface area contributed by atoms with Gasteiger partial charge in [0, 0.05) is 11.1 Å². The Morgan fingerprint density at radius 1 is 1.47 bits per heavy atom. The van der Waals surface area contributed by atoms with Gasteiger partial charge in [0.1, 0.15) is 17.1 Å². The molecule has 1 heterocycles. The van der Waals surface area contributed by atoms with Gasteiger partial charge in [0.05, 0.1) is 16.1 Å². The number of aliphatic hydroxyl groups is 1. The average Bonchev–Trinajstić information content (AvgIpc) is 2.33. The molecule has 1 aromatic rings. The summed E-state index contributed by atoms with van der Waals surface area (Å²) in [7, 11) is 2.26. The second kappa shape index (κ2) is 4.32. The Balaban J connectivity index is 2.58.